The van der Waals surface area contributed by atoms with Crippen LogP contribution in [0.3, 0.4) is 0 Å². The Labute approximate surface area is 122 Å². The standard InChI is InChI=1S/C13H15N3O4S/c1-3-4-13-14-7-8-15(13)11-6-5-10(21(2,19)20)9-12(11)16(17)18/h5-9H,3-4H2,1-2H3. The molecule has 1 heterocycles. The molecule has 0 aliphatic heterocycles. The highest BCUT2D eigenvalue weighted by Gasteiger charge is 2.21. The summed E-state index contributed by atoms with van der Waals surface area (Å²) >= 11 is 0. The molecule has 0 atom stereocenters. The van der Waals surface area contributed by atoms with Crippen LogP contribution >= 0.6 is 0 Å². The van der Waals surface area contributed by atoms with Gasteiger partial charge >= 0.3 is 0 Å². The highest BCUT2D eigenvalue weighted by Crippen LogP contribution is 2.27. The first-order valence-corrected chi connectivity index (χ1v) is 8.25. The van der Waals surface area contributed by atoms with E-state index in [1.54, 1.807) is 17.0 Å². The van der Waals surface area contributed by atoms with E-state index in [0.29, 0.717) is 17.9 Å². The maximum Gasteiger partial charge on any atom is 0.294 e. The molecule has 0 amide bonds. The lowest BCUT2D eigenvalue weighted by molar-refractivity contribution is -0.384. The zero-order chi connectivity index (χ0) is 15.6. The number of nitro benzene ring substituents is 1. The summed E-state index contributed by atoms with van der Waals surface area (Å²) in [5.41, 5.74) is 0.0571. The van der Waals surface area contributed by atoms with Gasteiger partial charge in [0, 0.05) is 31.1 Å². The van der Waals surface area contributed by atoms with E-state index in [0.717, 1.165) is 18.7 Å². The van der Waals surface area contributed by atoms with Gasteiger partial charge in [0.25, 0.3) is 5.69 Å². The summed E-state index contributed by atoms with van der Waals surface area (Å²) in [4.78, 5) is 14.8. The van der Waals surface area contributed by atoms with Crippen molar-refractivity contribution < 1.29 is 13.3 Å². The minimum Gasteiger partial charge on any atom is -0.298 e. The molecular weight excluding hydrogens is 294 g/mol. The van der Waals surface area contributed by atoms with Crippen molar-refractivity contribution in [2.75, 3.05) is 6.26 Å². The van der Waals surface area contributed by atoms with E-state index in [-0.39, 0.29) is 10.6 Å². The van der Waals surface area contributed by atoms with Crippen LogP contribution in [0.5, 0.6) is 0 Å². The van der Waals surface area contributed by atoms with Crippen LogP contribution in [-0.2, 0) is 16.3 Å². The van der Waals surface area contributed by atoms with Crippen molar-refractivity contribution >= 4 is 15.5 Å². The Kier molecular flexibility index (Phi) is 4.08. The molecule has 0 saturated carbocycles. The van der Waals surface area contributed by atoms with Crippen LogP contribution in [0.1, 0.15) is 19.2 Å². The summed E-state index contributed by atoms with van der Waals surface area (Å²) in [7, 11) is -3.49. The van der Waals surface area contributed by atoms with Gasteiger partial charge in [-0.2, -0.15) is 0 Å². The Balaban J connectivity index is 2.64. The maximum atomic E-state index is 11.5. The number of aromatic nitrogens is 2. The molecule has 112 valence electrons. The fourth-order valence-corrected chi connectivity index (χ4v) is 2.69. The maximum absolute atomic E-state index is 11.5. The number of hydrogen-bond acceptors (Lipinski definition) is 5. The molecule has 0 saturated heterocycles. The Hall–Kier alpha value is -2.22. The fourth-order valence-electron chi connectivity index (χ4n) is 2.05. The molecule has 0 aliphatic rings. The van der Waals surface area contributed by atoms with Crippen molar-refractivity contribution in [1.82, 2.24) is 9.55 Å². The van der Waals surface area contributed by atoms with Gasteiger partial charge in [0.05, 0.1) is 9.82 Å². The summed E-state index contributed by atoms with van der Waals surface area (Å²) in [6.07, 6.45) is 5.75. The number of rotatable bonds is 5. The topological polar surface area (TPSA) is 95.1 Å². The van der Waals surface area contributed by atoms with Gasteiger partial charge in [0.1, 0.15) is 11.5 Å². The van der Waals surface area contributed by atoms with Gasteiger partial charge in [-0.3, -0.25) is 14.7 Å². The second kappa shape index (κ2) is 5.65. The number of nitrogens with zero attached hydrogens (tertiary/aromatic N) is 3. The van der Waals surface area contributed by atoms with Gasteiger partial charge < -0.3 is 0 Å². The van der Waals surface area contributed by atoms with E-state index in [1.807, 2.05) is 6.92 Å². The largest absolute Gasteiger partial charge is 0.298 e. The molecule has 0 unspecified atom stereocenters. The molecule has 2 aromatic rings. The number of hydrogen-bond donors (Lipinski definition) is 0. The van der Waals surface area contributed by atoms with Gasteiger partial charge in [-0.1, -0.05) is 6.92 Å². The van der Waals surface area contributed by atoms with Crippen LogP contribution in [0.15, 0.2) is 35.5 Å². The summed E-state index contributed by atoms with van der Waals surface area (Å²) in [6.45, 7) is 1.99. The Morgan fingerprint density at radius 3 is 2.67 bits per heavy atom. The third-order valence-corrected chi connectivity index (χ3v) is 4.13. The molecule has 0 fully saturated rings. The van der Waals surface area contributed by atoms with Crippen LogP contribution in [0.25, 0.3) is 5.69 Å². The summed E-state index contributed by atoms with van der Waals surface area (Å²) < 4.78 is 24.7. The average Bonchev–Trinajstić information content (AvgIpc) is 2.85. The van der Waals surface area contributed by atoms with Crippen LogP contribution in [0, 0.1) is 10.1 Å². The first kappa shape index (κ1) is 15.2. The smallest absolute Gasteiger partial charge is 0.294 e. The van der Waals surface area contributed by atoms with E-state index in [1.165, 1.54) is 12.1 Å². The molecule has 0 bridgehead atoms. The molecule has 2 rings (SSSR count). The number of imidazole rings is 1. The van der Waals surface area contributed by atoms with Gasteiger partial charge in [-0.05, 0) is 18.6 Å². The molecular formula is C13H15N3O4S. The highest BCUT2D eigenvalue weighted by molar-refractivity contribution is 7.90. The van der Waals surface area contributed by atoms with Gasteiger partial charge in [0.15, 0.2) is 9.84 Å². The van der Waals surface area contributed by atoms with Crippen molar-refractivity contribution in [3.05, 3.63) is 46.5 Å². The number of benzene rings is 1. The molecule has 8 heteroatoms. The lowest BCUT2D eigenvalue weighted by atomic mass is 10.2. The normalized spacial score (nSPS) is 11.5. The Morgan fingerprint density at radius 2 is 2.10 bits per heavy atom. The zero-order valence-electron chi connectivity index (χ0n) is 11.7. The molecule has 0 aliphatic carbocycles. The Bertz CT molecular complexity index is 780. The monoisotopic (exact) mass is 309 g/mol. The minimum absolute atomic E-state index is 0.0740. The van der Waals surface area contributed by atoms with Gasteiger partial charge in [-0.25, -0.2) is 13.4 Å². The van der Waals surface area contributed by atoms with Crippen LogP contribution in [0.4, 0.5) is 5.69 Å². The predicted molar refractivity (Wildman–Crippen MR) is 77.3 cm³/mol. The average molecular weight is 309 g/mol. The van der Waals surface area contributed by atoms with Crippen molar-refractivity contribution in [3.63, 3.8) is 0 Å². The molecule has 0 spiro atoms. The predicted octanol–water partition coefficient (Wildman–Crippen LogP) is 2.14. The molecule has 21 heavy (non-hydrogen) atoms. The number of aryl methyl sites for hydroxylation is 1. The van der Waals surface area contributed by atoms with Crippen LogP contribution in [-0.4, -0.2) is 29.1 Å². The lowest BCUT2D eigenvalue weighted by Crippen LogP contribution is -2.06. The van der Waals surface area contributed by atoms with E-state index in [9.17, 15) is 18.5 Å². The van der Waals surface area contributed by atoms with E-state index in [2.05, 4.69) is 4.98 Å². The first-order valence-electron chi connectivity index (χ1n) is 6.35. The number of sulfone groups is 1. The third-order valence-electron chi connectivity index (χ3n) is 3.02. The molecule has 7 nitrogen and oxygen atoms in total. The summed E-state index contributed by atoms with van der Waals surface area (Å²) in [5.74, 6) is 0.702. The van der Waals surface area contributed by atoms with E-state index in [4.69, 9.17) is 0 Å². The SMILES string of the molecule is CCCc1nccn1-c1ccc(S(C)(=O)=O)cc1[N+](=O)[O-]. The Morgan fingerprint density at radius 1 is 1.38 bits per heavy atom. The minimum atomic E-state index is -3.49. The van der Waals surface area contributed by atoms with Crippen molar-refractivity contribution in [2.45, 2.75) is 24.7 Å². The zero-order valence-corrected chi connectivity index (χ0v) is 12.5. The van der Waals surface area contributed by atoms with Crippen molar-refractivity contribution in [1.29, 1.82) is 0 Å². The van der Waals surface area contributed by atoms with Crippen LogP contribution in [0.2, 0.25) is 0 Å². The van der Waals surface area contributed by atoms with Crippen molar-refractivity contribution in [2.24, 2.45) is 0 Å². The number of nitro groups is 1. The third kappa shape index (κ3) is 3.10. The second-order valence-corrected chi connectivity index (χ2v) is 6.66. The van der Waals surface area contributed by atoms with Crippen molar-refractivity contribution in [3.8, 4) is 5.69 Å². The summed E-state index contributed by atoms with van der Waals surface area (Å²) in [6, 6.07) is 3.89. The summed E-state index contributed by atoms with van der Waals surface area (Å²) in [5, 5.41) is 11.2. The highest BCUT2D eigenvalue weighted by atomic mass is 32.2. The quantitative estimate of drug-likeness (QED) is 0.623. The first-order chi connectivity index (χ1) is 9.84. The fraction of sp³-hybridized carbons (Fsp3) is 0.308. The second-order valence-electron chi connectivity index (χ2n) is 4.64. The molecule has 1 aromatic carbocycles. The van der Waals surface area contributed by atoms with Gasteiger partial charge in [-0.15, -0.1) is 0 Å². The van der Waals surface area contributed by atoms with E-state index < -0.39 is 14.8 Å². The molecule has 0 radical (unpaired) electrons. The van der Waals surface area contributed by atoms with E-state index >= 15 is 0 Å². The van der Waals surface area contributed by atoms with Gasteiger partial charge in [0.2, 0.25) is 0 Å². The lowest BCUT2D eigenvalue weighted by Gasteiger charge is -2.09. The molecule has 1 aromatic heterocycles. The molecule has 0 N–H and O–H groups in total. The van der Waals surface area contributed by atoms with Crippen LogP contribution < -0.4 is 0 Å².